The van der Waals surface area contributed by atoms with Gasteiger partial charge in [0.15, 0.2) is 18.1 Å². The topological polar surface area (TPSA) is 117 Å². The Morgan fingerprint density at radius 3 is 2.34 bits per heavy atom. The zero-order chi connectivity index (χ0) is 21.4. The molecule has 1 heterocycles. The summed E-state index contributed by atoms with van der Waals surface area (Å²) in [6.45, 7) is -0.0430. The summed E-state index contributed by atoms with van der Waals surface area (Å²) in [6.07, 6.45) is 4.79. The molecule has 1 aliphatic rings. The van der Waals surface area contributed by atoms with Crippen LogP contribution in [0.25, 0.3) is 6.08 Å². The van der Waals surface area contributed by atoms with Gasteiger partial charge in [0.25, 0.3) is 5.91 Å². The molecule has 0 radical (unpaired) electrons. The van der Waals surface area contributed by atoms with Crippen LogP contribution in [0.4, 0.5) is 0 Å². The van der Waals surface area contributed by atoms with Crippen LogP contribution >= 0.6 is 0 Å². The summed E-state index contributed by atoms with van der Waals surface area (Å²) in [5, 5.41) is 0. The van der Waals surface area contributed by atoms with E-state index >= 15 is 0 Å². The van der Waals surface area contributed by atoms with Crippen LogP contribution in [-0.2, 0) is 19.1 Å². The number of nitrogens with zero attached hydrogens (tertiary/aromatic N) is 1. The summed E-state index contributed by atoms with van der Waals surface area (Å²) in [6, 6.07) is 2.63. The molecule has 9 heteroatoms. The molecule has 0 aromatic heterocycles. The first-order chi connectivity index (χ1) is 13.9. The van der Waals surface area contributed by atoms with Gasteiger partial charge in [-0.1, -0.05) is 0 Å². The number of piperidine rings is 1. The monoisotopic (exact) mass is 406 g/mol. The molecule has 9 nitrogen and oxygen atoms in total. The number of primary amides is 1. The van der Waals surface area contributed by atoms with E-state index in [1.165, 1.54) is 38.4 Å². The van der Waals surface area contributed by atoms with Gasteiger partial charge in [-0.05, 0) is 31.4 Å². The second-order valence-corrected chi connectivity index (χ2v) is 6.39. The molecule has 1 aliphatic heterocycles. The lowest BCUT2D eigenvalue weighted by Gasteiger charge is -2.33. The highest BCUT2D eigenvalue weighted by Gasteiger charge is 2.30. The van der Waals surface area contributed by atoms with Gasteiger partial charge in [0.1, 0.15) is 11.8 Å². The molecule has 2 N–H and O–H groups in total. The fourth-order valence-corrected chi connectivity index (χ4v) is 3.13. The number of carbonyl (C=O) groups is 3. The molecule has 0 saturated carbocycles. The molecule has 1 aromatic rings. The Morgan fingerprint density at radius 2 is 1.72 bits per heavy atom. The normalized spacial score (nSPS) is 16.4. The third-order valence-corrected chi connectivity index (χ3v) is 4.62. The number of hydrogen-bond donors (Lipinski definition) is 1. The first-order valence-electron chi connectivity index (χ1n) is 9.14. The number of benzene rings is 1. The fourth-order valence-electron chi connectivity index (χ4n) is 3.13. The molecular formula is C20H26N2O7. The lowest BCUT2D eigenvalue weighted by molar-refractivity contribution is -0.151. The molecule has 2 rings (SSSR count). The Hall–Kier alpha value is -3.23. The van der Waals surface area contributed by atoms with Crippen molar-refractivity contribution in [1.82, 2.24) is 4.90 Å². The van der Waals surface area contributed by atoms with Crippen molar-refractivity contribution in [3.05, 3.63) is 23.8 Å². The number of hydrogen-bond acceptors (Lipinski definition) is 7. The Bertz CT molecular complexity index is 791. The van der Waals surface area contributed by atoms with E-state index in [4.69, 9.17) is 24.7 Å². The Labute approximate surface area is 169 Å². The summed E-state index contributed by atoms with van der Waals surface area (Å²) in [5.74, 6) is -0.272. The lowest BCUT2D eigenvalue weighted by atomic mass is 10.0. The van der Waals surface area contributed by atoms with Crippen molar-refractivity contribution < 1.29 is 33.3 Å². The van der Waals surface area contributed by atoms with Crippen LogP contribution in [0.2, 0.25) is 0 Å². The quantitative estimate of drug-likeness (QED) is 0.508. The van der Waals surface area contributed by atoms with Gasteiger partial charge in [0.05, 0.1) is 21.3 Å². The predicted octanol–water partition coefficient (Wildman–Crippen LogP) is 1.14. The van der Waals surface area contributed by atoms with Gasteiger partial charge in [0, 0.05) is 24.3 Å². The fraction of sp³-hybridized carbons (Fsp3) is 0.450. The van der Waals surface area contributed by atoms with Gasteiger partial charge in [-0.3, -0.25) is 9.59 Å². The molecule has 1 fully saturated rings. The van der Waals surface area contributed by atoms with Crippen molar-refractivity contribution in [2.45, 2.75) is 25.3 Å². The van der Waals surface area contributed by atoms with Gasteiger partial charge >= 0.3 is 5.97 Å². The zero-order valence-electron chi connectivity index (χ0n) is 16.8. The van der Waals surface area contributed by atoms with Gasteiger partial charge in [-0.25, -0.2) is 4.79 Å². The molecule has 1 atom stereocenters. The highest BCUT2D eigenvalue weighted by Crippen LogP contribution is 2.35. The van der Waals surface area contributed by atoms with Crippen LogP contribution in [0.5, 0.6) is 17.2 Å². The van der Waals surface area contributed by atoms with Crippen molar-refractivity contribution in [1.29, 1.82) is 0 Å². The van der Waals surface area contributed by atoms with Crippen molar-refractivity contribution in [3.63, 3.8) is 0 Å². The molecular weight excluding hydrogens is 380 g/mol. The largest absolute Gasteiger partial charge is 0.496 e. The van der Waals surface area contributed by atoms with Crippen molar-refractivity contribution in [2.24, 2.45) is 5.73 Å². The van der Waals surface area contributed by atoms with E-state index in [1.54, 1.807) is 12.1 Å². The first kappa shape index (κ1) is 22.1. The summed E-state index contributed by atoms with van der Waals surface area (Å²) >= 11 is 0. The van der Waals surface area contributed by atoms with E-state index in [0.717, 1.165) is 12.8 Å². The smallest absolute Gasteiger partial charge is 0.331 e. The molecule has 158 valence electrons. The first-order valence-corrected chi connectivity index (χ1v) is 9.14. The number of esters is 1. The van der Waals surface area contributed by atoms with Crippen LogP contribution in [0.15, 0.2) is 18.2 Å². The maximum absolute atomic E-state index is 12.3. The van der Waals surface area contributed by atoms with E-state index in [1.807, 2.05) is 0 Å². The maximum atomic E-state index is 12.3. The average Bonchev–Trinajstić information content (AvgIpc) is 2.75. The molecule has 0 aliphatic carbocycles. The number of likely N-dealkylation sites (tertiary alicyclic amines) is 1. The molecule has 2 amide bonds. The van der Waals surface area contributed by atoms with Crippen molar-refractivity contribution in [3.8, 4) is 17.2 Å². The van der Waals surface area contributed by atoms with Gasteiger partial charge in [-0.15, -0.1) is 0 Å². The van der Waals surface area contributed by atoms with E-state index < -0.39 is 30.4 Å². The Balaban J connectivity index is 2.01. The molecule has 0 bridgehead atoms. The minimum atomic E-state index is -0.706. The van der Waals surface area contributed by atoms with Crippen LogP contribution in [0.1, 0.15) is 24.8 Å². The molecule has 0 unspecified atom stereocenters. The lowest BCUT2D eigenvalue weighted by Crippen LogP contribution is -2.51. The summed E-state index contributed by atoms with van der Waals surface area (Å²) < 4.78 is 20.8. The number of ether oxygens (including phenoxy) is 4. The minimum absolute atomic E-state index is 0.419. The Morgan fingerprint density at radius 1 is 1.07 bits per heavy atom. The standard InChI is InChI=1S/C20H26N2O7/c1-26-15-11-17(28-3)16(27-2)10-13(15)7-8-19(24)29-12-18(23)22-9-5-4-6-14(22)20(21)25/h7-8,10-11,14H,4-6,9,12H2,1-3H3,(H2,21,25)/b8-7+/t14-/m0/s1. The second-order valence-electron chi connectivity index (χ2n) is 6.39. The van der Waals surface area contributed by atoms with Gasteiger partial charge in [0.2, 0.25) is 5.91 Å². The molecule has 0 spiro atoms. The van der Waals surface area contributed by atoms with Gasteiger partial charge in [-0.2, -0.15) is 0 Å². The van der Waals surface area contributed by atoms with Crippen LogP contribution in [0, 0.1) is 0 Å². The summed E-state index contributed by atoms with van der Waals surface area (Å²) in [4.78, 5) is 37.2. The van der Waals surface area contributed by atoms with E-state index in [2.05, 4.69) is 0 Å². The van der Waals surface area contributed by atoms with E-state index in [-0.39, 0.29) is 0 Å². The highest BCUT2D eigenvalue weighted by atomic mass is 16.5. The van der Waals surface area contributed by atoms with Crippen molar-refractivity contribution in [2.75, 3.05) is 34.5 Å². The van der Waals surface area contributed by atoms with E-state index in [0.29, 0.717) is 35.8 Å². The third-order valence-electron chi connectivity index (χ3n) is 4.62. The summed E-state index contributed by atoms with van der Waals surface area (Å²) in [7, 11) is 4.49. The minimum Gasteiger partial charge on any atom is -0.496 e. The van der Waals surface area contributed by atoms with Gasteiger partial charge < -0.3 is 29.6 Å². The van der Waals surface area contributed by atoms with Crippen LogP contribution < -0.4 is 19.9 Å². The van der Waals surface area contributed by atoms with E-state index in [9.17, 15) is 14.4 Å². The molecule has 1 aromatic carbocycles. The Kier molecular flexibility index (Phi) is 7.88. The highest BCUT2D eigenvalue weighted by molar-refractivity contribution is 5.91. The van der Waals surface area contributed by atoms with Crippen LogP contribution in [0.3, 0.4) is 0 Å². The molecule has 29 heavy (non-hydrogen) atoms. The number of methoxy groups -OCH3 is 3. The SMILES string of the molecule is COc1cc(OC)c(OC)cc1/C=C/C(=O)OCC(=O)N1CCCC[C@H]1C(N)=O. The summed E-state index contributed by atoms with van der Waals surface area (Å²) in [5.41, 5.74) is 5.92. The zero-order valence-corrected chi connectivity index (χ0v) is 16.8. The second kappa shape index (κ2) is 10.4. The maximum Gasteiger partial charge on any atom is 0.331 e. The van der Waals surface area contributed by atoms with Crippen molar-refractivity contribution >= 4 is 23.9 Å². The average molecular weight is 406 g/mol. The number of amides is 2. The third kappa shape index (κ3) is 5.63. The number of rotatable bonds is 8. The number of carbonyl (C=O) groups excluding carboxylic acids is 3. The molecule has 1 saturated heterocycles. The van der Waals surface area contributed by atoms with Crippen LogP contribution in [-0.4, -0.2) is 63.2 Å². The number of nitrogens with two attached hydrogens (primary N) is 1. The predicted molar refractivity (Wildman–Crippen MR) is 105 cm³/mol.